The van der Waals surface area contributed by atoms with E-state index in [-0.39, 0.29) is 29.7 Å². The van der Waals surface area contributed by atoms with Gasteiger partial charge in [-0.25, -0.2) is 18.6 Å². The third-order valence-corrected chi connectivity index (χ3v) is 6.49. The van der Waals surface area contributed by atoms with Gasteiger partial charge in [-0.05, 0) is 30.7 Å². The lowest BCUT2D eigenvalue weighted by Crippen LogP contribution is -2.51. The van der Waals surface area contributed by atoms with E-state index >= 15 is 0 Å². The predicted molar refractivity (Wildman–Crippen MR) is 112 cm³/mol. The van der Waals surface area contributed by atoms with Gasteiger partial charge in [0, 0.05) is 22.8 Å². The highest BCUT2D eigenvalue weighted by atomic mass is 32.2. The van der Waals surface area contributed by atoms with Crippen molar-refractivity contribution >= 4 is 28.5 Å². The second-order valence-corrected chi connectivity index (χ2v) is 8.28. The molecule has 4 rings (SSSR count). The second-order valence-electron chi connectivity index (χ2n) is 7.27. The summed E-state index contributed by atoms with van der Waals surface area (Å²) in [6.45, 7) is 6.63. The second kappa shape index (κ2) is 8.54. The van der Waals surface area contributed by atoms with Crippen molar-refractivity contribution in [1.29, 1.82) is 0 Å². The van der Waals surface area contributed by atoms with Crippen LogP contribution in [0.25, 0.3) is 4.85 Å². The molecule has 0 aromatic heterocycles. The zero-order chi connectivity index (χ0) is 21.1. The third kappa shape index (κ3) is 3.83. The summed E-state index contributed by atoms with van der Waals surface area (Å²) < 4.78 is 33.8. The molecule has 0 spiro atoms. The van der Waals surface area contributed by atoms with E-state index in [0.29, 0.717) is 22.9 Å². The summed E-state index contributed by atoms with van der Waals surface area (Å²) in [5, 5.41) is 3.15. The van der Waals surface area contributed by atoms with E-state index in [1.807, 2.05) is 6.07 Å². The molecule has 5 nitrogen and oxygen atoms in total. The maximum absolute atomic E-state index is 14.9. The fourth-order valence-corrected chi connectivity index (χ4v) is 5.03. The summed E-state index contributed by atoms with van der Waals surface area (Å²) in [4.78, 5) is 20.7. The molecule has 0 radical (unpaired) electrons. The van der Waals surface area contributed by atoms with Crippen molar-refractivity contribution in [2.24, 2.45) is 10.9 Å². The molecule has 2 aliphatic heterocycles. The molecule has 0 aliphatic carbocycles. The highest BCUT2D eigenvalue weighted by Gasteiger charge is 2.49. The van der Waals surface area contributed by atoms with Gasteiger partial charge in [0.1, 0.15) is 18.0 Å². The summed E-state index contributed by atoms with van der Waals surface area (Å²) in [7, 11) is 0. The van der Waals surface area contributed by atoms with Crippen molar-refractivity contribution in [2.45, 2.75) is 18.1 Å². The fraction of sp³-hybridized carbons (Fsp3) is 0.318. The van der Waals surface area contributed by atoms with E-state index in [1.54, 1.807) is 24.3 Å². The maximum Gasteiger partial charge on any atom is 0.257 e. The molecular weight excluding hydrogens is 408 g/mol. The first kappa shape index (κ1) is 20.5. The number of aliphatic imine (C=N–C) groups is 1. The molecule has 0 saturated carbocycles. The Labute approximate surface area is 177 Å². The van der Waals surface area contributed by atoms with E-state index < -0.39 is 24.1 Å². The Morgan fingerprint density at radius 3 is 2.87 bits per heavy atom. The average Bonchev–Trinajstić information content (AvgIpc) is 2.79. The largest absolute Gasteiger partial charge is 0.373 e. The van der Waals surface area contributed by atoms with Crippen LogP contribution >= 0.6 is 11.8 Å². The van der Waals surface area contributed by atoms with Gasteiger partial charge in [0.2, 0.25) is 0 Å². The molecule has 30 heavy (non-hydrogen) atoms. The molecule has 154 valence electrons. The first-order valence-corrected chi connectivity index (χ1v) is 10.5. The van der Waals surface area contributed by atoms with Crippen LogP contribution in [-0.2, 0) is 10.3 Å². The molecule has 0 bridgehead atoms. The molecule has 0 unspecified atom stereocenters. The van der Waals surface area contributed by atoms with Crippen LogP contribution in [0.5, 0.6) is 0 Å². The van der Waals surface area contributed by atoms with E-state index in [2.05, 4.69) is 10.2 Å². The van der Waals surface area contributed by atoms with Crippen molar-refractivity contribution in [3.8, 4) is 0 Å². The molecule has 2 aromatic rings. The number of amides is 1. The van der Waals surface area contributed by atoms with Gasteiger partial charge >= 0.3 is 0 Å². The normalized spacial score (nSPS) is 25.6. The molecule has 2 aromatic carbocycles. The van der Waals surface area contributed by atoms with Crippen molar-refractivity contribution in [2.75, 3.05) is 19.0 Å². The standard InChI is InChI=1S/C22H19F2N3O2S/c1-25-16-7-8-19(24)18(10-16)22-13-29-17(11-23)9-15(22)12-30-21(27-22)26-20(28)14-5-3-2-4-6-14/h2-8,10,15,17H,9,11-13H2,(H,26,27,28)/t15-,17+,22-/m0/s1. The van der Waals surface area contributed by atoms with Gasteiger partial charge in [0.25, 0.3) is 5.91 Å². The molecule has 2 heterocycles. The smallest absolute Gasteiger partial charge is 0.257 e. The van der Waals surface area contributed by atoms with E-state index in [0.717, 1.165) is 0 Å². The Morgan fingerprint density at radius 2 is 2.13 bits per heavy atom. The topological polar surface area (TPSA) is 55.0 Å². The highest BCUT2D eigenvalue weighted by Crippen LogP contribution is 2.47. The molecule has 1 amide bonds. The number of benzene rings is 2. The minimum atomic E-state index is -1.12. The fourth-order valence-electron chi connectivity index (χ4n) is 3.87. The van der Waals surface area contributed by atoms with Crippen LogP contribution in [-0.4, -0.2) is 36.2 Å². The summed E-state index contributed by atoms with van der Waals surface area (Å²) in [6, 6.07) is 12.9. The number of rotatable bonds is 3. The Balaban J connectivity index is 1.73. The Bertz CT molecular complexity index is 1020. The maximum atomic E-state index is 14.9. The Morgan fingerprint density at radius 1 is 1.33 bits per heavy atom. The highest BCUT2D eigenvalue weighted by molar-refractivity contribution is 8.13. The summed E-state index contributed by atoms with van der Waals surface area (Å²) in [6.07, 6.45) is -0.180. The van der Waals surface area contributed by atoms with Gasteiger partial charge in [-0.15, -0.1) is 0 Å². The first-order chi connectivity index (χ1) is 14.6. The molecule has 2 aliphatic rings. The summed E-state index contributed by atoms with van der Waals surface area (Å²) in [5.74, 6) is -0.483. The zero-order valence-corrected chi connectivity index (χ0v) is 16.8. The lowest BCUT2D eigenvalue weighted by atomic mass is 9.75. The SMILES string of the molecule is [C-]#[N+]c1ccc(F)c([C@]23CO[C@@H](CF)C[C@H]2CSC(NC(=O)c2ccccc2)=N3)c1. The van der Waals surface area contributed by atoms with Crippen LogP contribution in [0.15, 0.2) is 53.5 Å². The van der Waals surface area contributed by atoms with Crippen LogP contribution in [0.1, 0.15) is 22.3 Å². The predicted octanol–water partition coefficient (Wildman–Crippen LogP) is 4.48. The van der Waals surface area contributed by atoms with Crippen LogP contribution in [0.3, 0.4) is 0 Å². The summed E-state index contributed by atoms with van der Waals surface area (Å²) >= 11 is 1.35. The van der Waals surface area contributed by atoms with Crippen molar-refractivity contribution < 1.29 is 18.3 Å². The number of amidine groups is 1. The number of fused-ring (bicyclic) bond motifs is 1. The number of hydrogen-bond donors (Lipinski definition) is 1. The number of ether oxygens (including phenoxy) is 1. The first-order valence-electron chi connectivity index (χ1n) is 9.50. The van der Waals surface area contributed by atoms with E-state index in [4.69, 9.17) is 16.3 Å². The van der Waals surface area contributed by atoms with Gasteiger partial charge in [0.15, 0.2) is 10.9 Å². The van der Waals surface area contributed by atoms with Crippen LogP contribution in [0.4, 0.5) is 14.5 Å². The number of alkyl halides is 1. The number of nitrogens with zero attached hydrogens (tertiary/aromatic N) is 2. The molecule has 1 fully saturated rings. The lowest BCUT2D eigenvalue weighted by molar-refractivity contribution is -0.0653. The zero-order valence-electron chi connectivity index (χ0n) is 16.0. The van der Waals surface area contributed by atoms with Crippen molar-refractivity contribution in [3.05, 3.63) is 76.9 Å². The monoisotopic (exact) mass is 427 g/mol. The lowest BCUT2D eigenvalue weighted by Gasteiger charge is -2.46. The summed E-state index contributed by atoms with van der Waals surface area (Å²) in [5.41, 5.74) is -0.114. The number of carbonyl (C=O) groups excluding carboxylic acids is 1. The number of carbonyl (C=O) groups is 1. The minimum absolute atomic E-state index is 0.0180. The van der Waals surface area contributed by atoms with Crippen LogP contribution < -0.4 is 5.32 Å². The van der Waals surface area contributed by atoms with Gasteiger partial charge in [0.05, 0.1) is 19.3 Å². The van der Waals surface area contributed by atoms with Gasteiger partial charge in [-0.1, -0.05) is 36.0 Å². The number of halogens is 2. The van der Waals surface area contributed by atoms with Crippen LogP contribution in [0, 0.1) is 18.3 Å². The van der Waals surface area contributed by atoms with E-state index in [1.165, 1.54) is 30.0 Å². The Kier molecular flexibility index (Phi) is 5.84. The van der Waals surface area contributed by atoms with Gasteiger partial charge in [-0.3, -0.25) is 4.79 Å². The number of nitrogens with one attached hydrogen (secondary N) is 1. The van der Waals surface area contributed by atoms with Crippen LogP contribution in [0.2, 0.25) is 0 Å². The average molecular weight is 427 g/mol. The van der Waals surface area contributed by atoms with Crippen molar-refractivity contribution in [1.82, 2.24) is 5.32 Å². The molecular formula is C22H19F2N3O2S. The third-order valence-electron chi connectivity index (χ3n) is 5.46. The van der Waals surface area contributed by atoms with E-state index in [9.17, 15) is 13.6 Å². The quantitative estimate of drug-likeness (QED) is 0.735. The molecule has 3 atom stereocenters. The minimum Gasteiger partial charge on any atom is -0.373 e. The van der Waals surface area contributed by atoms with Gasteiger partial charge in [-0.2, -0.15) is 0 Å². The van der Waals surface area contributed by atoms with Gasteiger partial charge < -0.3 is 10.1 Å². The molecule has 8 heteroatoms. The number of hydrogen-bond acceptors (Lipinski definition) is 4. The number of thioether (sulfide) groups is 1. The Hall–Kier alpha value is -2.76. The molecule has 1 N–H and O–H groups in total. The molecule has 1 saturated heterocycles. The van der Waals surface area contributed by atoms with Crippen molar-refractivity contribution in [3.63, 3.8) is 0 Å².